The fourth-order valence-electron chi connectivity index (χ4n) is 2.54. The minimum absolute atomic E-state index is 0.0478. The molecule has 3 N–H and O–H groups in total. The normalized spacial score (nSPS) is 20.9. The van der Waals surface area contributed by atoms with Crippen molar-refractivity contribution in [3.8, 4) is 0 Å². The molecule has 2 rings (SSSR count). The predicted molar refractivity (Wildman–Crippen MR) is 78.1 cm³/mol. The number of hydrogen-bond acceptors (Lipinski definition) is 4. The Labute approximate surface area is 124 Å². The van der Waals surface area contributed by atoms with Gasteiger partial charge in [-0.1, -0.05) is 18.6 Å². The Morgan fingerprint density at radius 2 is 1.95 bits per heavy atom. The van der Waals surface area contributed by atoms with Gasteiger partial charge in [0.15, 0.2) is 0 Å². The Balaban J connectivity index is 1.73. The molecule has 2 amide bonds. The van der Waals surface area contributed by atoms with Crippen molar-refractivity contribution in [2.24, 2.45) is 11.1 Å². The second-order valence-corrected chi connectivity index (χ2v) is 5.74. The van der Waals surface area contributed by atoms with Crippen LogP contribution >= 0.6 is 12.2 Å². The van der Waals surface area contributed by atoms with Crippen LogP contribution in [0.5, 0.6) is 0 Å². The van der Waals surface area contributed by atoms with Gasteiger partial charge >= 0.3 is 0 Å². The van der Waals surface area contributed by atoms with E-state index >= 15 is 0 Å². The van der Waals surface area contributed by atoms with Gasteiger partial charge in [-0.3, -0.25) is 9.59 Å². The van der Waals surface area contributed by atoms with Gasteiger partial charge in [-0.25, -0.2) is 0 Å². The SMILES string of the molecule is NC(=S)C1(C(=O)NCCC(=O)N2CCOCC2)CCC1. The van der Waals surface area contributed by atoms with Crippen LogP contribution in [0.2, 0.25) is 0 Å². The molecule has 1 saturated heterocycles. The third-order valence-corrected chi connectivity index (χ3v) is 4.49. The molecule has 2 aliphatic rings. The zero-order valence-corrected chi connectivity index (χ0v) is 12.3. The summed E-state index contributed by atoms with van der Waals surface area (Å²) in [7, 11) is 0. The molecule has 0 bridgehead atoms. The van der Waals surface area contributed by atoms with E-state index in [-0.39, 0.29) is 16.8 Å². The van der Waals surface area contributed by atoms with Crippen LogP contribution in [0.25, 0.3) is 0 Å². The molecule has 0 atom stereocenters. The number of nitrogens with one attached hydrogen (secondary N) is 1. The molecule has 1 heterocycles. The van der Waals surface area contributed by atoms with Gasteiger partial charge in [-0.05, 0) is 12.8 Å². The van der Waals surface area contributed by atoms with E-state index in [1.54, 1.807) is 4.90 Å². The molecule has 7 heteroatoms. The fourth-order valence-corrected chi connectivity index (χ4v) is 2.84. The van der Waals surface area contributed by atoms with Gasteiger partial charge in [0.1, 0.15) is 0 Å². The van der Waals surface area contributed by atoms with Crippen LogP contribution in [-0.4, -0.2) is 54.6 Å². The molecule has 2 fully saturated rings. The van der Waals surface area contributed by atoms with Crippen molar-refractivity contribution in [3.05, 3.63) is 0 Å². The summed E-state index contributed by atoms with van der Waals surface area (Å²) in [4.78, 5) is 26.1. The Morgan fingerprint density at radius 3 is 2.45 bits per heavy atom. The number of carbonyl (C=O) groups excluding carboxylic acids is 2. The highest BCUT2D eigenvalue weighted by Crippen LogP contribution is 2.41. The van der Waals surface area contributed by atoms with Gasteiger partial charge in [0.05, 0.1) is 23.6 Å². The summed E-state index contributed by atoms with van der Waals surface area (Å²) in [5.74, 6) is -0.0855. The van der Waals surface area contributed by atoms with Gasteiger partial charge < -0.3 is 20.7 Å². The maximum absolute atomic E-state index is 12.1. The lowest BCUT2D eigenvalue weighted by Gasteiger charge is -2.39. The van der Waals surface area contributed by atoms with E-state index in [2.05, 4.69) is 5.32 Å². The number of carbonyl (C=O) groups is 2. The molecule has 112 valence electrons. The van der Waals surface area contributed by atoms with Crippen LogP contribution in [0.3, 0.4) is 0 Å². The summed E-state index contributed by atoms with van der Waals surface area (Å²) < 4.78 is 5.19. The number of amides is 2. The minimum Gasteiger partial charge on any atom is -0.392 e. The van der Waals surface area contributed by atoms with Crippen molar-refractivity contribution >= 4 is 29.0 Å². The van der Waals surface area contributed by atoms with Crippen LogP contribution in [0.15, 0.2) is 0 Å². The number of nitrogens with two attached hydrogens (primary N) is 1. The van der Waals surface area contributed by atoms with Crippen LogP contribution in [0, 0.1) is 5.41 Å². The highest BCUT2D eigenvalue weighted by molar-refractivity contribution is 7.80. The van der Waals surface area contributed by atoms with Crippen molar-refractivity contribution in [1.82, 2.24) is 10.2 Å². The zero-order chi connectivity index (χ0) is 14.6. The first-order valence-electron chi connectivity index (χ1n) is 7.00. The minimum atomic E-state index is -0.669. The summed E-state index contributed by atoms with van der Waals surface area (Å²) >= 11 is 4.99. The Morgan fingerprint density at radius 1 is 1.30 bits per heavy atom. The van der Waals surface area contributed by atoms with Crippen LogP contribution < -0.4 is 11.1 Å². The summed E-state index contributed by atoms with van der Waals surface area (Å²) in [6, 6.07) is 0. The van der Waals surface area contributed by atoms with E-state index in [4.69, 9.17) is 22.7 Å². The van der Waals surface area contributed by atoms with Gasteiger partial charge in [0.25, 0.3) is 0 Å². The standard InChI is InChI=1S/C13H21N3O3S/c14-11(20)13(3-1-4-13)12(18)15-5-2-10(17)16-6-8-19-9-7-16/h1-9H2,(H2,14,20)(H,15,18). The number of nitrogens with zero attached hydrogens (tertiary/aromatic N) is 1. The lowest BCUT2D eigenvalue weighted by molar-refractivity contribution is -0.135. The van der Waals surface area contributed by atoms with Crippen molar-refractivity contribution in [1.29, 1.82) is 0 Å². The highest BCUT2D eigenvalue weighted by atomic mass is 32.1. The first-order chi connectivity index (χ1) is 9.56. The summed E-state index contributed by atoms with van der Waals surface area (Å²) in [6.45, 7) is 2.76. The van der Waals surface area contributed by atoms with Crippen LogP contribution in [0.4, 0.5) is 0 Å². The third-order valence-electron chi connectivity index (χ3n) is 4.10. The largest absolute Gasteiger partial charge is 0.392 e. The maximum atomic E-state index is 12.1. The monoisotopic (exact) mass is 299 g/mol. The summed E-state index contributed by atoms with van der Waals surface area (Å²) in [6.07, 6.45) is 2.70. The summed E-state index contributed by atoms with van der Waals surface area (Å²) in [5.41, 5.74) is 4.99. The number of hydrogen-bond donors (Lipinski definition) is 2. The molecule has 20 heavy (non-hydrogen) atoms. The predicted octanol–water partition coefficient (Wildman–Crippen LogP) is -0.192. The number of ether oxygens (including phenoxy) is 1. The quantitative estimate of drug-likeness (QED) is 0.687. The molecule has 0 unspecified atom stereocenters. The van der Waals surface area contributed by atoms with E-state index in [9.17, 15) is 9.59 Å². The third kappa shape index (κ3) is 3.09. The van der Waals surface area contributed by atoms with E-state index in [1.165, 1.54) is 0 Å². The molecule has 0 aromatic heterocycles. The topological polar surface area (TPSA) is 84.7 Å². The molecule has 1 saturated carbocycles. The molecule has 1 aliphatic heterocycles. The van der Waals surface area contributed by atoms with E-state index < -0.39 is 5.41 Å². The number of thiocarbonyl (C=S) groups is 1. The smallest absolute Gasteiger partial charge is 0.233 e. The first-order valence-corrected chi connectivity index (χ1v) is 7.41. The second-order valence-electron chi connectivity index (χ2n) is 5.30. The lowest BCUT2D eigenvalue weighted by Crippen LogP contribution is -2.53. The first kappa shape index (κ1) is 15.2. The van der Waals surface area contributed by atoms with Gasteiger partial charge in [-0.2, -0.15) is 0 Å². The molecule has 0 radical (unpaired) electrons. The van der Waals surface area contributed by atoms with Gasteiger partial charge in [0, 0.05) is 26.1 Å². The molecule has 6 nitrogen and oxygen atoms in total. The molecule has 0 spiro atoms. The Hall–Kier alpha value is -1.21. The van der Waals surface area contributed by atoms with Crippen LogP contribution in [0.1, 0.15) is 25.7 Å². The van der Waals surface area contributed by atoms with E-state index in [0.29, 0.717) is 52.1 Å². The molecular formula is C13H21N3O3S. The van der Waals surface area contributed by atoms with E-state index in [1.807, 2.05) is 0 Å². The van der Waals surface area contributed by atoms with Crippen molar-refractivity contribution in [2.45, 2.75) is 25.7 Å². The van der Waals surface area contributed by atoms with Gasteiger partial charge in [0.2, 0.25) is 11.8 Å². The zero-order valence-electron chi connectivity index (χ0n) is 11.5. The average molecular weight is 299 g/mol. The molecule has 0 aromatic carbocycles. The van der Waals surface area contributed by atoms with Crippen molar-refractivity contribution < 1.29 is 14.3 Å². The van der Waals surface area contributed by atoms with Crippen molar-refractivity contribution in [2.75, 3.05) is 32.8 Å². The fraction of sp³-hybridized carbons (Fsp3) is 0.769. The Bertz CT molecular complexity index is 404. The number of rotatable bonds is 5. The Kier molecular flexibility index (Phi) is 4.93. The molecule has 0 aromatic rings. The molecule has 1 aliphatic carbocycles. The van der Waals surface area contributed by atoms with E-state index in [0.717, 1.165) is 6.42 Å². The highest BCUT2D eigenvalue weighted by Gasteiger charge is 2.46. The molecular weight excluding hydrogens is 278 g/mol. The summed E-state index contributed by atoms with van der Waals surface area (Å²) in [5, 5.41) is 2.79. The maximum Gasteiger partial charge on any atom is 0.233 e. The second kappa shape index (κ2) is 6.49. The number of morpholine rings is 1. The van der Waals surface area contributed by atoms with Crippen molar-refractivity contribution in [3.63, 3.8) is 0 Å². The van der Waals surface area contributed by atoms with Gasteiger partial charge in [-0.15, -0.1) is 0 Å². The average Bonchev–Trinajstić information content (AvgIpc) is 2.37. The lowest BCUT2D eigenvalue weighted by atomic mass is 9.68. The van der Waals surface area contributed by atoms with Crippen LogP contribution in [-0.2, 0) is 14.3 Å².